The highest BCUT2D eigenvalue weighted by molar-refractivity contribution is 6.33. The van der Waals surface area contributed by atoms with Crippen molar-refractivity contribution in [1.82, 2.24) is 5.32 Å². The molecule has 3 nitrogen and oxygen atoms in total. The average molecular weight is 255 g/mol. The third-order valence-corrected chi connectivity index (χ3v) is 3.65. The van der Waals surface area contributed by atoms with Crippen LogP contribution in [0.2, 0.25) is 5.02 Å². The Bertz CT molecular complexity index is 372. The molecule has 0 spiro atoms. The van der Waals surface area contributed by atoms with Crippen LogP contribution in [0.1, 0.15) is 13.3 Å². The van der Waals surface area contributed by atoms with E-state index in [1.54, 1.807) is 0 Å². The Hall–Kier alpha value is -0.770. The van der Waals surface area contributed by atoms with Gasteiger partial charge in [0.15, 0.2) is 0 Å². The predicted octanol–water partition coefficient (Wildman–Crippen LogP) is 1.89. The van der Waals surface area contributed by atoms with Crippen LogP contribution < -0.4 is 10.2 Å². The van der Waals surface area contributed by atoms with Gasteiger partial charge in [-0.25, -0.2) is 0 Å². The molecule has 0 amide bonds. The van der Waals surface area contributed by atoms with Crippen molar-refractivity contribution in [2.75, 3.05) is 24.6 Å². The molecular formula is C13H19ClN2O. The molecule has 1 aromatic carbocycles. The highest BCUT2D eigenvalue weighted by atomic mass is 35.5. The number of hydrogen-bond acceptors (Lipinski definition) is 3. The summed E-state index contributed by atoms with van der Waals surface area (Å²) in [4.78, 5) is 2.24. The maximum absolute atomic E-state index is 9.53. The van der Waals surface area contributed by atoms with Gasteiger partial charge in [-0.05, 0) is 32.0 Å². The van der Waals surface area contributed by atoms with Gasteiger partial charge in [0.2, 0.25) is 0 Å². The Labute approximate surface area is 107 Å². The molecular weight excluding hydrogens is 236 g/mol. The summed E-state index contributed by atoms with van der Waals surface area (Å²) in [7, 11) is 0. The van der Waals surface area contributed by atoms with Gasteiger partial charge in [-0.15, -0.1) is 0 Å². The standard InChI is InChI=1S/C13H19ClN2O/c1-10-6-7-15-8-11(9-17)16(10)13-5-3-2-4-12(13)14/h2-5,10-11,15,17H,6-9H2,1H3. The molecule has 0 saturated carbocycles. The van der Waals surface area contributed by atoms with Gasteiger partial charge in [0.1, 0.15) is 0 Å². The fraction of sp³-hybridized carbons (Fsp3) is 0.538. The Kier molecular flexibility index (Phi) is 4.26. The van der Waals surface area contributed by atoms with Crippen molar-refractivity contribution >= 4 is 17.3 Å². The first-order valence-electron chi connectivity index (χ1n) is 6.08. The number of aliphatic hydroxyl groups excluding tert-OH is 1. The fourth-order valence-electron chi connectivity index (χ4n) is 2.42. The molecule has 2 unspecified atom stereocenters. The number of benzene rings is 1. The quantitative estimate of drug-likeness (QED) is 0.846. The predicted molar refractivity (Wildman–Crippen MR) is 71.8 cm³/mol. The zero-order valence-corrected chi connectivity index (χ0v) is 10.8. The number of aliphatic hydroxyl groups is 1. The van der Waals surface area contributed by atoms with E-state index in [1.165, 1.54) is 0 Å². The van der Waals surface area contributed by atoms with Gasteiger partial charge in [0, 0.05) is 12.6 Å². The summed E-state index contributed by atoms with van der Waals surface area (Å²) in [5, 5.41) is 13.6. The summed E-state index contributed by atoms with van der Waals surface area (Å²) in [6.45, 7) is 4.10. The zero-order valence-electron chi connectivity index (χ0n) is 10.1. The smallest absolute Gasteiger partial charge is 0.0648 e. The van der Waals surface area contributed by atoms with E-state index >= 15 is 0 Å². The molecule has 4 heteroatoms. The highest BCUT2D eigenvalue weighted by Crippen LogP contribution is 2.30. The van der Waals surface area contributed by atoms with Crippen LogP contribution in [0.25, 0.3) is 0 Å². The molecule has 94 valence electrons. The molecule has 1 saturated heterocycles. The van der Waals surface area contributed by atoms with Crippen LogP contribution in [-0.4, -0.2) is 36.9 Å². The number of halogens is 1. The van der Waals surface area contributed by atoms with Crippen LogP contribution in [0.4, 0.5) is 5.69 Å². The number of para-hydroxylation sites is 1. The first kappa shape index (κ1) is 12.7. The molecule has 1 aliphatic rings. The molecule has 0 radical (unpaired) electrons. The van der Waals surface area contributed by atoms with Crippen molar-refractivity contribution in [2.45, 2.75) is 25.4 Å². The van der Waals surface area contributed by atoms with E-state index in [1.807, 2.05) is 24.3 Å². The van der Waals surface area contributed by atoms with Gasteiger partial charge < -0.3 is 15.3 Å². The van der Waals surface area contributed by atoms with Gasteiger partial charge in [-0.2, -0.15) is 0 Å². The number of rotatable bonds is 2. The lowest BCUT2D eigenvalue weighted by Gasteiger charge is -2.36. The molecule has 0 aliphatic carbocycles. The Morgan fingerprint density at radius 2 is 2.24 bits per heavy atom. The van der Waals surface area contributed by atoms with Crippen molar-refractivity contribution in [1.29, 1.82) is 0 Å². The second kappa shape index (κ2) is 5.71. The summed E-state index contributed by atoms with van der Waals surface area (Å²) in [6.07, 6.45) is 1.06. The van der Waals surface area contributed by atoms with E-state index < -0.39 is 0 Å². The minimum Gasteiger partial charge on any atom is -0.394 e. The van der Waals surface area contributed by atoms with E-state index in [-0.39, 0.29) is 12.6 Å². The lowest BCUT2D eigenvalue weighted by Crippen LogP contribution is -2.46. The number of nitrogens with zero attached hydrogens (tertiary/aromatic N) is 1. The van der Waals surface area contributed by atoms with E-state index in [0.29, 0.717) is 6.04 Å². The number of hydrogen-bond donors (Lipinski definition) is 2. The second-order valence-corrected chi connectivity index (χ2v) is 4.94. The minimum absolute atomic E-state index is 0.0902. The van der Waals surface area contributed by atoms with Crippen LogP contribution >= 0.6 is 11.6 Å². The maximum Gasteiger partial charge on any atom is 0.0648 e. The Morgan fingerprint density at radius 3 is 2.94 bits per heavy atom. The Balaban J connectivity index is 2.34. The first-order valence-corrected chi connectivity index (χ1v) is 6.46. The zero-order chi connectivity index (χ0) is 12.3. The summed E-state index contributed by atoms with van der Waals surface area (Å²) < 4.78 is 0. The van der Waals surface area contributed by atoms with Gasteiger partial charge in [-0.1, -0.05) is 23.7 Å². The topological polar surface area (TPSA) is 35.5 Å². The van der Waals surface area contributed by atoms with E-state index in [4.69, 9.17) is 11.6 Å². The van der Waals surface area contributed by atoms with Gasteiger partial charge in [-0.3, -0.25) is 0 Å². The van der Waals surface area contributed by atoms with Gasteiger partial charge >= 0.3 is 0 Å². The second-order valence-electron chi connectivity index (χ2n) is 4.54. The average Bonchev–Trinajstić information content (AvgIpc) is 2.52. The molecule has 0 bridgehead atoms. The number of nitrogens with one attached hydrogen (secondary N) is 1. The van der Waals surface area contributed by atoms with Crippen LogP contribution in [-0.2, 0) is 0 Å². The monoisotopic (exact) mass is 254 g/mol. The molecule has 17 heavy (non-hydrogen) atoms. The largest absolute Gasteiger partial charge is 0.394 e. The molecule has 1 fully saturated rings. The molecule has 1 aromatic rings. The third-order valence-electron chi connectivity index (χ3n) is 3.33. The van der Waals surface area contributed by atoms with Gasteiger partial charge in [0.25, 0.3) is 0 Å². The fourth-order valence-corrected chi connectivity index (χ4v) is 2.66. The molecule has 1 heterocycles. The summed E-state index contributed by atoms with van der Waals surface area (Å²) in [5.74, 6) is 0. The van der Waals surface area contributed by atoms with Crippen LogP contribution in [0.15, 0.2) is 24.3 Å². The Morgan fingerprint density at radius 1 is 1.47 bits per heavy atom. The normalized spacial score (nSPS) is 25.7. The molecule has 2 atom stereocenters. The number of anilines is 1. The first-order chi connectivity index (χ1) is 8.24. The summed E-state index contributed by atoms with van der Waals surface area (Å²) in [6, 6.07) is 8.30. The third kappa shape index (κ3) is 2.73. The lowest BCUT2D eigenvalue weighted by molar-refractivity contribution is 0.256. The van der Waals surface area contributed by atoms with E-state index in [9.17, 15) is 5.11 Å². The maximum atomic E-state index is 9.53. The molecule has 2 N–H and O–H groups in total. The van der Waals surface area contributed by atoms with E-state index in [2.05, 4.69) is 17.1 Å². The van der Waals surface area contributed by atoms with Crippen molar-refractivity contribution < 1.29 is 5.11 Å². The van der Waals surface area contributed by atoms with Crippen molar-refractivity contribution in [3.63, 3.8) is 0 Å². The molecule has 1 aliphatic heterocycles. The molecule has 0 aromatic heterocycles. The lowest BCUT2D eigenvalue weighted by atomic mass is 10.1. The minimum atomic E-state index is 0.0902. The van der Waals surface area contributed by atoms with E-state index in [0.717, 1.165) is 30.2 Å². The van der Waals surface area contributed by atoms with Crippen LogP contribution in [0, 0.1) is 0 Å². The summed E-state index contributed by atoms with van der Waals surface area (Å²) in [5.41, 5.74) is 1.02. The van der Waals surface area contributed by atoms with Crippen molar-refractivity contribution in [2.24, 2.45) is 0 Å². The van der Waals surface area contributed by atoms with Crippen molar-refractivity contribution in [3.8, 4) is 0 Å². The summed E-state index contributed by atoms with van der Waals surface area (Å²) >= 11 is 6.25. The van der Waals surface area contributed by atoms with Gasteiger partial charge in [0.05, 0.1) is 23.4 Å². The highest BCUT2D eigenvalue weighted by Gasteiger charge is 2.26. The van der Waals surface area contributed by atoms with Crippen molar-refractivity contribution in [3.05, 3.63) is 29.3 Å². The SMILES string of the molecule is CC1CCNCC(CO)N1c1ccccc1Cl. The molecule has 2 rings (SSSR count). The van der Waals surface area contributed by atoms with Crippen LogP contribution in [0.3, 0.4) is 0 Å². The van der Waals surface area contributed by atoms with Crippen LogP contribution in [0.5, 0.6) is 0 Å².